The summed E-state index contributed by atoms with van der Waals surface area (Å²) in [5.74, 6) is 0.537. The molecule has 2 heterocycles. The minimum atomic E-state index is -0.277. The van der Waals surface area contributed by atoms with Crippen LogP contribution in [0.5, 0.6) is 0 Å². The highest BCUT2D eigenvalue weighted by Gasteiger charge is 2.38. The highest BCUT2D eigenvalue weighted by atomic mass is 32.1. The van der Waals surface area contributed by atoms with Crippen molar-refractivity contribution in [3.05, 3.63) is 57.5 Å². The van der Waals surface area contributed by atoms with E-state index in [0.717, 1.165) is 36.8 Å². The van der Waals surface area contributed by atoms with E-state index in [4.69, 9.17) is 0 Å². The first-order valence-electron chi connectivity index (χ1n) is 12.0. The van der Waals surface area contributed by atoms with Crippen molar-refractivity contribution in [2.45, 2.75) is 69.9 Å². The second-order valence-corrected chi connectivity index (χ2v) is 10.5. The van der Waals surface area contributed by atoms with Gasteiger partial charge in [0.15, 0.2) is 0 Å². The van der Waals surface area contributed by atoms with Gasteiger partial charge in [-0.3, -0.25) is 9.59 Å². The maximum atomic E-state index is 13.6. The van der Waals surface area contributed by atoms with Gasteiger partial charge in [-0.05, 0) is 66.3 Å². The van der Waals surface area contributed by atoms with Gasteiger partial charge in [-0.25, -0.2) is 4.39 Å². The monoisotopic (exact) mass is 454 g/mol. The van der Waals surface area contributed by atoms with Crippen LogP contribution in [-0.4, -0.2) is 40.7 Å². The van der Waals surface area contributed by atoms with Crippen LogP contribution in [0.15, 0.2) is 35.7 Å². The molecule has 6 heteroatoms. The number of halogens is 1. The smallest absolute Gasteiger partial charge is 0.243 e. The minimum absolute atomic E-state index is 0.00251. The summed E-state index contributed by atoms with van der Waals surface area (Å²) in [5.41, 5.74) is 2.05. The Hall–Kier alpha value is -2.21. The predicted octanol–water partition coefficient (Wildman–Crippen LogP) is 5.32. The van der Waals surface area contributed by atoms with E-state index in [-0.39, 0.29) is 36.3 Å². The molecule has 1 aromatic carbocycles. The van der Waals surface area contributed by atoms with Gasteiger partial charge < -0.3 is 9.80 Å². The quantitative estimate of drug-likeness (QED) is 0.568. The van der Waals surface area contributed by atoms with Crippen molar-refractivity contribution in [3.63, 3.8) is 0 Å². The molecule has 0 saturated heterocycles. The zero-order chi connectivity index (χ0) is 22.1. The Morgan fingerprint density at radius 3 is 2.53 bits per heavy atom. The van der Waals surface area contributed by atoms with Crippen molar-refractivity contribution >= 4 is 23.2 Å². The molecule has 2 fully saturated rings. The first-order valence-corrected chi connectivity index (χ1v) is 12.9. The molecule has 3 aliphatic rings. The maximum absolute atomic E-state index is 13.6. The van der Waals surface area contributed by atoms with Gasteiger partial charge in [0.1, 0.15) is 12.4 Å². The topological polar surface area (TPSA) is 40.6 Å². The number of carbonyl (C=O) groups excluding carboxylic acids is 2. The summed E-state index contributed by atoms with van der Waals surface area (Å²) in [7, 11) is 0. The largest absolute Gasteiger partial charge is 0.330 e. The molecule has 1 aliphatic heterocycles. The number of nitrogens with zero attached hydrogens (tertiary/aromatic N) is 2. The lowest BCUT2D eigenvalue weighted by Gasteiger charge is -2.37. The SMILES string of the molecule is O=C(CCC1CCCC1)N(CC(=O)N1CCc2sccc2C1c1ccc(F)cc1)C1CC1. The van der Waals surface area contributed by atoms with Crippen LogP contribution in [0, 0.1) is 11.7 Å². The summed E-state index contributed by atoms with van der Waals surface area (Å²) >= 11 is 1.72. The highest BCUT2D eigenvalue weighted by molar-refractivity contribution is 7.10. The van der Waals surface area contributed by atoms with Crippen LogP contribution in [0.25, 0.3) is 0 Å². The van der Waals surface area contributed by atoms with Crippen LogP contribution in [0.4, 0.5) is 4.39 Å². The summed E-state index contributed by atoms with van der Waals surface area (Å²) in [6.07, 6.45) is 9.40. The molecule has 4 nitrogen and oxygen atoms in total. The summed E-state index contributed by atoms with van der Waals surface area (Å²) in [5, 5.41) is 2.07. The average Bonchev–Trinajstić information content (AvgIpc) is 3.29. The molecule has 0 spiro atoms. The lowest BCUT2D eigenvalue weighted by atomic mass is 9.93. The highest BCUT2D eigenvalue weighted by Crippen LogP contribution is 2.38. The molecule has 2 saturated carbocycles. The lowest BCUT2D eigenvalue weighted by Crippen LogP contribution is -2.47. The molecular weight excluding hydrogens is 423 g/mol. The molecule has 0 radical (unpaired) electrons. The van der Waals surface area contributed by atoms with Gasteiger partial charge in [0.25, 0.3) is 0 Å². The number of hydrogen-bond acceptors (Lipinski definition) is 3. The fourth-order valence-corrected chi connectivity index (χ4v) is 6.31. The molecule has 32 heavy (non-hydrogen) atoms. The Labute approximate surface area is 193 Å². The van der Waals surface area contributed by atoms with Gasteiger partial charge in [-0.1, -0.05) is 37.8 Å². The third kappa shape index (κ3) is 4.61. The van der Waals surface area contributed by atoms with Gasteiger partial charge in [-0.2, -0.15) is 0 Å². The Morgan fingerprint density at radius 1 is 1.06 bits per heavy atom. The molecule has 2 amide bonds. The molecule has 0 bridgehead atoms. The van der Waals surface area contributed by atoms with Crippen molar-refractivity contribution < 1.29 is 14.0 Å². The summed E-state index contributed by atoms with van der Waals surface area (Å²) in [6, 6.07) is 8.56. The molecular formula is C26H31FN2O2S. The Balaban J connectivity index is 1.32. The van der Waals surface area contributed by atoms with E-state index < -0.39 is 0 Å². The molecule has 170 valence electrons. The Kier molecular flexibility index (Phi) is 6.31. The molecule has 0 N–H and O–H groups in total. The third-order valence-electron chi connectivity index (χ3n) is 7.33. The zero-order valence-electron chi connectivity index (χ0n) is 18.5. The van der Waals surface area contributed by atoms with E-state index in [9.17, 15) is 14.0 Å². The van der Waals surface area contributed by atoms with Crippen LogP contribution in [0.1, 0.15) is 73.4 Å². The van der Waals surface area contributed by atoms with Crippen LogP contribution < -0.4 is 0 Å². The number of thiophene rings is 1. The lowest BCUT2D eigenvalue weighted by molar-refractivity contribution is -0.142. The van der Waals surface area contributed by atoms with Crippen LogP contribution in [0.3, 0.4) is 0 Å². The van der Waals surface area contributed by atoms with Gasteiger partial charge in [-0.15, -0.1) is 11.3 Å². The predicted molar refractivity (Wildman–Crippen MR) is 124 cm³/mol. The zero-order valence-corrected chi connectivity index (χ0v) is 19.3. The van der Waals surface area contributed by atoms with E-state index in [0.29, 0.717) is 18.9 Å². The molecule has 2 aromatic rings. The summed E-state index contributed by atoms with van der Waals surface area (Å²) in [4.78, 5) is 31.7. The van der Waals surface area contributed by atoms with Crippen LogP contribution >= 0.6 is 11.3 Å². The van der Waals surface area contributed by atoms with Crippen molar-refractivity contribution in [2.24, 2.45) is 5.92 Å². The molecule has 1 atom stereocenters. The van der Waals surface area contributed by atoms with Crippen molar-refractivity contribution in [3.8, 4) is 0 Å². The normalized spacial score (nSPS) is 20.9. The number of rotatable bonds is 7. The molecule has 2 aliphatic carbocycles. The van der Waals surface area contributed by atoms with E-state index in [1.54, 1.807) is 23.5 Å². The van der Waals surface area contributed by atoms with Gasteiger partial charge in [0, 0.05) is 23.9 Å². The van der Waals surface area contributed by atoms with Gasteiger partial charge >= 0.3 is 0 Å². The molecule has 1 aromatic heterocycles. The second-order valence-electron chi connectivity index (χ2n) is 9.53. The van der Waals surface area contributed by atoms with E-state index in [1.165, 1.54) is 42.7 Å². The van der Waals surface area contributed by atoms with Crippen molar-refractivity contribution in [2.75, 3.05) is 13.1 Å². The van der Waals surface area contributed by atoms with Gasteiger partial charge in [0.05, 0.1) is 6.04 Å². The van der Waals surface area contributed by atoms with Gasteiger partial charge in [0.2, 0.25) is 11.8 Å². The first-order chi connectivity index (χ1) is 15.6. The standard InChI is InChI=1S/C26H31FN2O2S/c27-20-8-6-19(7-9-20)26-22-14-16-32-23(22)13-15-28(26)25(31)17-29(21-10-11-21)24(30)12-5-18-3-1-2-4-18/h6-9,14,16,18,21,26H,1-5,10-13,15,17H2. The van der Waals surface area contributed by atoms with Crippen LogP contribution in [-0.2, 0) is 16.0 Å². The third-order valence-corrected chi connectivity index (χ3v) is 8.32. The van der Waals surface area contributed by atoms with Crippen LogP contribution in [0.2, 0.25) is 0 Å². The summed E-state index contributed by atoms with van der Waals surface area (Å²) < 4.78 is 13.6. The summed E-state index contributed by atoms with van der Waals surface area (Å²) in [6.45, 7) is 0.786. The van der Waals surface area contributed by atoms with E-state index in [1.807, 2.05) is 9.80 Å². The number of carbonyl (C=O) groups is 2. The first kappa shape index (κ1) is 21.6. The van der Waals surface area contributed by atoms with Crippen molar-refractivity contribution in [1.82, 2.24) is 9.80 Å². The number of amides is 2. The molecule has 1 unspecified atom stereocenters. The van der Waals surface area contributed by atoms with E-state index in [2.05, 4.69) is 11.4 Å². The average molecular weight is 455 g/mol. The fraction of sp³-hybridized carbons (Fsp3) is 0.538. The second kappa shape index (κ2) is 9.34. The number of hydrogen-bond donors (Lipinski definition) is 0. The Morgan fingerprint density at radius 2 is 1.81 bits per heavy atom. The number of fused-ring (bicyclic) bond motifs is 1. The fourth-order valence-electron chi connectivity index (χ4n) is 5.40. The number of benzene rings is 1. The van der Waals surface area contributed by atoms with Crippen molar-refractivity contribution in [1.29, 1.82) is 0 Å². The Bertz CT molecular complexity index is 962. The van der Waals surface area contributed by atoms with E-state index >= 15 is 0 Å². The maximum Gasteiger partial charge on any atom is 0.243 e. The molecule has 5 rings (SSSR count). The minimum Gasteiger partial charge on any atom is -0.330 e.